The maximum atomic E-state index is 13.0. The van der Waals surface area contributed by atoms with Crippen molar-refractivity contribution in [2.45, 2.75) is 37.8 Å². The minimum atomic E-state index is -4.09. The van der Waals surface area contributed by atoms with Gasteiger partial charge in [0.15, 0.2) is 0 Å². The molecule has 0 saturated heterocycles. The van der Waals surface area contributed by atoms with Gasteiger partial charge in [-0.05, 0) is 50.6 Å². The molecule has 0 aliphatic carbocycles. The Morgan fingerprint density at radius 3 is 2.15 bits per heavy atom. The van der Waals surface area contributed by atoms with E-state index in [-0.39, 0.29) is 11.4 Å². The number of carbonyl (C=O) groups is 1. The molecular formula is C19H20N2O4S. The lowest BCUT2D eigenvalue weighted by atomic mass is 10.1. The third-order valence-electron chi connectivity index (χ3n) is 3.34. The molecule has 0 N–H and O–H groups in total. The Morgan fingerprint density at radius 2 is 1.65 bits per heavy atom. The Hall–Kier alpha value is -2.85. The van der Waals surface area contributed by atoms with Gasteiger partial charge >= 0.3 is 6.09 Å². The van der Waals surface area contributed by atoms with E-state index >= 15 is 0 Å². The number of sulfonamides is 1. The third kappa shape index (κ3) is 4.83. The van der Waals surface area contributed by atoms with Crippen molar-refractivity contribution in [2.24, 2.45) is 0 Å². The fourth-order valence-corrected chi connectivity index (χ4v) is 3.44. The summed E-state index contributed by atoms with van der Waals surface area (Å²) in [6.07, 6.45) is -0.953. The summed E-state index contributed by atoms with van der Waals surface area (Å²) in [7, 11) is -4.09. The number of nitriles is 1. The van der Waals surface area contributed by atoms with Crippen LogP contribution in [0.5, 0.6) is 0 Å². The first-order valence-electron chi connectivity index (χ1n) is 7.93. The Balaban J connectivity index is 2.41. The van der Waals surface area contributed by atoms with Gasteiger partial charge in [0, 0.05) is 0 Å². The van der Waals surface area contributed by atoms with Gasteiger partial charge in [-0.1, -0.05) is 30.3 Å². The predicted octanol–water partition coefficient (Wildman–Crippen LogP) is 3.68. The number of rotatable bonds is 4. The second-order valence-electron chi connectivity index (χ2n) is 6.61. The van der Waals surface area contributed by atoms with Crippen molar-refractivity contribution in [2.75, 3.05) is 0 Å². The molecule has 1 amide bonds. The van der Waals surface area contributed by atoms with Crippen LogP contribution < -0.4 is 0 Å². The molecule has 0 aliphatic heterocycles. The van der Waals surface area contributed by atoms with Crippen molar-refractivity contribution < 1.29 is 17.9 Å². The lowest BCUT2D eigenvalue weighted by Gasteiger charge is -2.27. The molecule has 7 heteroatoms. The minimum Gasteiger partial charge on any atom is -0.443 e. The number of hydrogen-bond acceptors (Lipinski definition) is 5. The first-order valence-corrected chi connectivity index (χ1v) is 9.37. The van der Waals surface area contributed by atoms with Crippen molar-refractivity contribution in [1.82, 2.24) is 4.31 Å². The van der Waals surface area contributed by atoms with Crippen LogP contribution in [-0.2, 0) is 21.3 Å². The van der Waals surface area contributed by atoms with Gasteiger partial charge in [0.1, 0.15) is 5.60 Å². The molecule has 0 unspecified atom stereocenters. The van der Waals surface area contributed by atoms with Gasteiger partial charge in [0.25, 0.3) is 10.0 Å². The highest BCUT2D eigenvalue weighted by Crippen LogP contribution is 2.21. The van der Waals surface area contributed by atoms with E-state index in [1.165, 1.54) is 12.1 Å². The fraction of sp³-hybridized carbons (Fsp3) is 0.263. The topological polar surface area (TPSA) is 87.5 Å². The summed E-state index contributed by atoms with van der Waals surface area (Å²) in [6.45, 7) is 4.80. The smallest absolute Gasteiger partial charge is 0.424 e. The summed E-state index contributed by atoms with van der Waals surface area (Å²) in [5.41, 5.74) is 0.171. The van der Waals surface area contributed by atoms with Crippen LogP contribution in [0.4, 0.5) is 4.79 Å². The molecule has 0 fully saturated rings. The quantitative estimate of drug-likeness (QED) is 0.817. The first-order chi connectivity index (χ1) is 12.1. The molecule has 0 aliphatic rings. The Kier molecular flexibility index (Phi) is 5.68. The van der Waals surface area contributed by atoms with Crippen molar-refractivity contribution in [3.8, 4) is 6.07 Å². The normalized spacial score (nSPS) is 11.5. The first kappa shape index (κ1) is 19.5. The molecule has 0 saturated carbocycles. The Labute approximate surface area is 153 Å². The monoisotopic (exact) mass is 372 g/mol. The van der Waals surface area contributed by atoms with E-state index in [4.69, 9.17) is 10.00 Å². The zero-order valence-electron chi connectivity index (χ0n) is 14.8. The number of benzene rings is 2. The highest BCUT2D eigenvalue weighted by molar-refractivity contribution is 7.89. The Morgan fingerprint density at radius 1 is 1.08 bits per heavy atom. The standard InChI is InChI=1S/C19H20N2O4S/c1-19(2,3)25-18(22)21(14-16-11-9-15(13-20)10-12-16)26(23,24)17-7-5-4-6-8-17/h4-12H,14H2,1-3H3. The van der Waals surface area contributed by atoms with E-state index in [0.29, 0.717) is 15.4 Å². The number of ether oxygens (including phenoxy) is 1. The molecule has 2 aromatic carbocycles. The number of carbonyl (C=O) groups excluding carboxylic acids is 1. The molecule has 0 heterocycles. The Bertz CT molecular complexity index is 909. The maximum absolute atomic E-state index is 13.0. The average molecular weight is 372 g/mol. The van der Waals surface area contributed by atoms with Gasteiger partial charge in [0.05, 0.1) is 23.1 Å². The molecular weight excluding hydrogens is 352 g/mol. The molecule has 2 aromatic rings. The van der Waals surface area contributed by atoms with Gasteiger partial charge < -0.3 is 4.74 Å². The van der Waals surface area contributed by atoms with Crippen LogP contribution in [0, 0.1) is 11.3 Å². The zero-order valence-corrected chi connectivity index (χ0v) is 15.7. The van der Waals surface area contributed by atoms with E-state index in [1.54, 1.807) is 63.2 Å². The van der Waals surface area contributed by atoms with Crippen molar-refractivity contribution in [3.63, 3.8) is 0 Å². The van der Waals surface area contributed by atoms with Crippen LogP contribution in [0.1, 0.15) is 31.9 Å². The molecule has 6 nitrogen and oxygen atoms in total. The van der Waals surface area contributed by atoms with Crippen LogP contribution in [0.2, 0.25) is 0 Å². The number of nitrogens with zero attached hydrogens (tertiary/aromatic N) is 2. The lowest BCUT2D eigenvalue weighted by molar-refractivity contribution is 0.0381. The predicted molar refractivity (Wildman–Crippen MR) is 96.6 cm³/mol. The van der Waals surface area contributed by atoms with Gasteiger partial charge in [-0.15, -0.1) is 0 Å². The van der Waals surface area contributed by atoms with Gasteiger partial charge in [-0.3, -0.25) is 0 Å². The van der Waals surface area contributed by atoms with Crippen LogP contribution in [0.15, 0.2) is 59.5 Å². The second-order valence-corrected chi connectivity index (χ2v) is 8.48. The molecule has 0 spiro atoms. The van der Waals surface area contributed by atoms with Crippen LogP contribution in [0.25, 0.3) is 0 Å². The third-order valence-corrected chi connectivity index (χ3v) is 5.06. The van der Waals surface area contributed by atoms with E-state index in [0.717, 1.165) is 0 Å². The van der Waals surface area contributed by atoms with Gasteiger partial charge in [0.2, 0.25) is 0 Å². The summed E-state index contributed by atoms with van der Waals surface area (Å²) in [5, 5.41) is 8.87. The van der Waals surface area contributed by atoms with Crippen LogP contribution in [-0.4, -0.2) is 24.4 Å². The number of hydrogen-bond donors (Lipinski definition) is 0. The van der Waals surface area contributed by atoms with Crippen LogP contribution >= 0.6 is 0 Å². The van der Waals surface area contributed by atoms with E-state index in [9.17, 15) is 13.2 Å². The molecule has 0 bridgehead atoms. The van der Waals surface area contributed by atoms with E-state index in [2.05, 4.69) is 0 Å². The lowest BCUT2D eigenvalue weighted by Crippen LogP contribution is -2.40. The molecule has 2 rings (SSSR count). The van der Waals surface area contributed by atoms with Crippen molar-refractivity contribution in [3.05, 3.63) is 65.7 Å². The zero-order chi connectivity index (χ0) is 19.4. The summed E-state index contributed by atoms with van der Waals surface area (Å²) in [6, 6.07) is 16.0. The summed E-state index contributed by atoms with van der Waals surface area (Å²) in [4.78, 5) is 12.6. The molecule has 0 aromatic heterocycles. The second kappa shape index (κ2) is 7.58. The van der Waals surface area contributed by atoms with Crippen molar-refractivity contribution in [1.29, 1.82) is 5.26 Å². The highest BCUT2D eigenvalue weighted by atomic mass is 32.2. The minimum absolute atomic E-state index is 0.000459. The maximum Gasteiger partial charge on any atom is 0.424 e. The SMILES string of the molecule is CC(C)(C)OC(=O)N(Cc1ccc(C#N)cc1)S(=O)(=O)c1ccccc1. The number of amides is 1. The van der Waals surface area contributed by atoms with E-state index < -0.39 is 21.7 Å². The highest BCUT2D eigenvalue weighted by Gasteiger charge is 2.33. The molecule has 0 radical (unpaired) electrons. The average Bonchev–Trinajstić information content (AvgIpc) is 2.59. The summed E-state index contributed by atoms with van der Waals surface area (Å²) < 4.78 is 31.9. The van der Waals surface area contributed by atoms with Crippen LogP contribution in [0.3, 0.4) is 0 Å². The molecule has 136 valence electrons. The molecule has 26 heavy (non-hydrogen) atoms. The van der Waals surface area contributed by atoms with Crippen molar-refractivity contribution >= 4 is 16.1 Å². The summed E-state index contributed by atoms with van der Waals surface area (Å²) >= 11 is 0. The molecule has 0 atom stereocenters. The van der Waals surface area contributed by atoms with Gasteiger partial charge in [-0.2, -0.15) is 9.57 Å². The summed E-state index contributed by atoms with van der Waals surface area (Å²) in [5.74, 6) is 0. The van der Waals surface area contributed by atoms with Gasteiger partial charge in [-0.25, -0.2) is 13.2 Å². The fourth-order valence-electron chi connectivity index (χ4n) is 2.13. The van der Waals surface area contributed by atoms with E-state index in [1.807, 2.05) is 6.07 Å². The largest absolute Gasteiger partial charge is 0.443 e.